The number of anilines is 2. The summed E-state index contributed by atoms with van der Waals surface area (Å²) in [6.07, 6.45) is 3.00. The van der Waals surface area contributed by atoms with E-state index in [0.717, 1.165) is 34.0 Å². The molecule has 0 radical (unpaired) electrons. The van der Waals surface area contributed by atoms with Crippen LogP contribution in [0.4, 0.5) is 16.2 Å². The Balaban J connectivity index is 1.54. The molecular weight excluding hydrogens is 474 g/mol. The first-order chi connectivity index (χ1) is 17.2. The first-order valence-corrected chi connectivity index (χ1v) is 13.5. The molecule has 7 nitrogen and oxygen atoms in total. The second-order valence-corrected chi connectivity index (χ2v) is 11.3. The molecular formula is C28H35N3O4S. The predicted molar refractivity (Wildman–Crippen MR) is 142 cm³/mol. The van der Waals surface area contributed by atoms with Gasteiger partial charge in [0.05, 0.1) is 17.8 Å². The van der Waals surface area contributed by atoms with Crippen molar-refractivity contribution >= 4 is 41.0 Å². The van der Waals surface area contributed by atoms with Gasteiger partial charge in [0.1, 0.15) is 11.6 Å². The van der Waals surface area contributed by atoms with Gasteiger partial charge in [-0.3, -0.25) is 14.5 Å². The number of hydrogen-bond acceptors (Lipinski definition) is 5. The minimum absolute atomic E-state index is 0.101. The average molecular weight is 510 g/mol. The summed E-state index contributed by atoms with van der Waals surface area (Å²) in [6.45, 7) is 7.91. The van der Waals surface area contributed by atoms with Crippen molar-refractivity contribution in [3.8, 4) is 0 Å². The summed E-state index contributed by atoms with van der Waals surface area (Å²) in [5.74, 6) is -0.559. The van der Waals surface area contributed by atoms with Gasteiger partial charge in [-0.25, -0.2) is 4.79 Å². The summed E-state index contributed by atoms with van der Waals surface area (Å²) >= 11 is 1.64. The standard InChI is InChI=1S/C28H35N3O4S/c1-5-19(18-25(32)35-28(2,3)4)29-26(33)22-14-10-11-17-30(22)27(34)31-20-12-6-8-15-23(20)36-24-16-9-7-13-21(24)31/h6-9,12-13,15-16,19,22H,5,10-11,14,17-18H2,1-4H3,(H,29,33). The fraction of sp³-hybridized carbons (Fsp3) is 0.464. The van der Waals surface area contributed by atoms with Crippen LogP contribution < -0.4 is 10.2 Å². The second-order valence-electron chi connectivity index (χ2n) is 10.3. The van der Waals surface area contributed by atoms with E-state index in [1.807, 2.05) is 76.2 Å². The second kappa shape index (κ2) is 10.9. The number of fused-ring (bicyclic) bond motifs is 2. The van der Waals surface area contributed by atoms with Gasteiger partial charge in [-0.15, -0.1) is 0 Å². The van der Waals surface area contributed by atoms with E-state index in [9.17, 15) is 14.4 Å². The van der Waals surface area contributed by atoms with Gasteiger partial charge in [-0.2, -0.15) is 0 Å². The van der Waals surface area contributed by atoms with Crippen LogP contribution >= 0.6 is 11.8 Å². The molecule has 2 aliphatic rings. The first-order valence-electron chi connectivity index (χ1n) is 12.7. The molecule has 1 saturated heterocycles. The van der Waals surface area contributed by atoms with Gasteiger partial charge in [-0.1, -0.05) is 43.0 Å². The van der Waals surface area contributed by atoms with Gasteiger partial charge >= 0.3 is 12.0 Å². The number of piperidine rings is 1. The number of ether oxygens (including phenoxy) is 1. The van der Waals surface area contributed by atoms with E-state index in [4.69, 9.17) is 4.74 Å². The Morgan fingerprint density at radius 2 is 1.64 bits per heavy atom. The molecule has 36 heavy (non-hydrogen) atoms. The van der Waals surface area contributed by atoms with E-state index < -0.39 is 11.6 Å². The summed E-state index contributed by atoms with van der Waals surface area (Å²) in [4.78, 5) is 45.3. The molecule has 0 aliphatic carbocycles. The fourth-order valence-electron chi connectivity index (χ4n) is 4.65. The molecule has 2 unspecified atom stereocenters. The van der Waals surface area contributed by atoms with Gasteiger partial charge in [0.25, 0.3) is 0 Å². The Morgan fingerprint density at radius 3 is 2.22 bits per heavy atom. The van der Waals surface area contributed by atoms with E-state index >= 15 is 0 Å². The molecule has 3 amide bonds. The number of esters is 1. The van der Waals surface area contributed by atoms with Crippen LogP contribution in [0.3, 0.4) is 0 Å². The van der Waals surface area contributed by atoms with Crippen LogP contribution in [-0.4, -0.2) is 47.0 Å². The molecule has 2 heterocycles. The van der Waals surface area contributed by atoms with E-state index in [-0.39, 0.29) is 30.4 Å². The van der Waals surface area contributed by atoms with Crippen molar-refractivity contribution in [3.05, 3.63) is 48.5 Å². The van der Waals surface area contributed by atoms with Gasteiger partial charge in [0, 0.05) is 22.4 Å². The largest absolute Gasteiger partial charge is 0.460 e. The summed E-state index contributed by atoms with van der Waals surface area (Å²) in [7, 11) is 0. The highest BCUT2D eigenvalue weighted by atomic mass is 32.2. The molecule has 0 aromatic heterocycles. The van der Waals surface area contributed by atoms with Crippen LogP contribution in [0.2, 0.25) is 0 Å². The number of amides is 3. The SMILES string of the molecule is CCC(CC(=O)OC(C)(C)C)NC(=O)C1CCCCN1C(=O)N1c2ccccc2Sc2ccccc21. The number of nitrogens with zero attached hydrogens (tertiary/aromatic N) is 2. The van der Waals surface area contributed by atoms with E-state index in [1.165, 1.54) is 0 Å². The number of urea groups is 1. The van der Waals surface area contributed by atoms with E-state index in [2.05, 4.69) is 5.32 Å². The molecule has 0 saturated carbocycles. The first kappa shape index (κ1) is 26.1. The quantitative estimate of drug-likeness (QED) is 0.509. The normalized spacial score (nSPS) is 18.1. The fourth-order valence-corrected chi connectivity index (χ4v) is 5.71. The maximum Gasteiger partial charge on any atom is 0.329 e. The Kier molecular flexibility index (Phi) is 7.93. The van der Waals surface area contributed by atoms with Crippen LogP contribution in [0.1, 0.15) is 59.8 Å². The summed E-state index contributed by atoms with van der Waals surface area (Å²) in [5.41, 5.74) is 1.07. The monoisotopic (exact) mass is 509 g/mol. The lowest BCUT2D eigenvalue weighted by Crippen LogP contribution is -2.56. The van der Waals surface area contributed by atoms with Crippen molar-refractivity contribution < 1.29 is 19.1 Å². The molecule has 0 spiro atoms. The van der Waals surface area contributed by atoms with Crippen molar-refractivity contribution in [2.24, 2.45) is 0 Å². The molecule has 1 fully saturated rings. The van der Waals surface area contributed by atoms with Gasteiger partial charge < -0.3 is 15.0 Å². The smallest absolute Gasteiger partial charge is 0.329 e. The number of para-hydroxylation sites is 2. The zero-order valence-electron chi connectivity index (χ0n) is 21.5. The van der Waals surface area contributed by atoms with Gasteiger partial charge in [0.15, 0.2) is 0 Å². The minimum atomic E-state index is -0.590. The third-order valence-electron chi connectivity index (χ3n) is 6.35. The molecule has 1 N–H and O–H groups in total. The molecule has 4 rings (SSSR count). The third kappa shape index (κ3) is 5.86. The third-order valence-corrected chi connectivity index (χ3v) is 7.48. The van der Waals surface area contributed by atoms with Gasteiger partial charge in [0.2, 0.25) is 5.91 Å². The minimum Gasteiger partial charge on any atom is -0.460 e. The Hall–Kier alpha value is -3.00. The van der Waals surface area contributed by atoms with Crippen LogP contribution in [0, 0.1) is 0 Å². The number of hydrogen-bond donors (Lipinski definition) is 1. The van der Waals surface area contributed by atoms with Crippen molar-refractivity contribution in [2.45, 2.75) is 87.3 Å². The zero-order chi connectivity index (χ0) is 25.9. The van der Waals surface area contributed by atoms with Crippen LogP contribution in [0.5, 0.6) is 0 Å². The lowest BCUT2D eigenvalue weighted by molar-refractivity contribution is -0.155. The Labute approximate surface area is 217 Å². The lowest BCUT2D eigenvalue weighted by atomic mass is 10.0. The molecule has 8 heteroatoms. The lowest BCUT2D eigenvalue weighted by Gasteiger charge is -2.40. The Morgan fingerprint density at radius 1 is 1.03 bits per heavy atom. The molecule has 2 atom stereocenters. The highest BCUT2D eigenvalue weighted by Gasteiger charge is 2.38. The predicted octanol–water partition coefficient (Wildman–Crippen LogP) is 5.89. The molecule has 2 aromatic carbocycles. The van der Waals surface area contributed by atoms with Crippen molar-refractivity contribution in [1.29, 1.82) is 0 Å². The van der Waals surface area contributed by atoms with Crippen molar-refractivity contribution in [2.75, 3.05) is 11.4 Å². The zero-order valence-corrected chi connectivity index (χ0v) is 22.3. The number of benzene rings is 2. The summed E-state index contributed by atoms with van der Waals surface area (Å²) in [6, 6.07) is 14.6. The highest BCUT2D eigenvalue weighted by molar-refractivity contribution is 7.99. The molecule has 0 bridgehead atoms. The average Bonchev–Trinajstić information content (AvgIpc) is 2.85. The number of carbonyl (C=O) groups excluding carboxylic acids is 3. The number of likely N-dealkylation sites (tertiary alicyclic amines) is 1. The maximum absolute atomic E-state index is 14.1. The van der Waals surface area contributed by atoms with Crippen molar-refractivity contribution in [1.82, 2.24) is 10.2 Å². The number of carbonyl (C=O) groups is 3. The molecule has 192 valence electrons. The highest BCUT2D eigenvalue weighted by Crippen LogP contribution is 2.48. The molecule has 2 aromatic rings. The van der Waals surface area contributed by atoms with Crippen LogP contribution in [0.25, 0.3) is 0 Å². The molecule has 2 aliphatic heterocycles. The van der Waals surface area contributed by atoms with Crippen LogP contribution in [-0.2, 0) is 14.3 Å². The van der Waals surface area contributed by atoms with E-state index in [1.54, 1.807) is 21.6 Å². The maximum atomic E-state index is 14.1. The summed E-state index contributed by atoms with van der Waals surface area (Å²) in [5, 5.41) is 3.02. The Bertz CT molecular complexity index is 1080. The topological polar surface area (TPSA) is 79.0 Å². The van der Waals surface area contributed by atoms with Crippen molar-refractivity contribution in [3.63, 3.8) is 0 Å². The number of nitrogens with one attached hydrogen (secondary N) is 1. The van der Waals surface area contributed by atoms with Crippen LogP contribution in [0.15, 0.2) is 58.3 Å². The summed E-state index contributed by atoms with van der Waals surface area (Å²) < 4.78 is 5.44. The van der Waals surface area contributed by atoms with E-state index in [0.29, 0.717) is 19.4 Å². The number of rotatable bonds is 5. The van der Waals surface area contributed by atoms with Gasteiger partial charge in [-0.05, 0) is 70.7 Å².